The van der Waals surface area contributed by atoms with Crippen LogP contribution >= 0.6 is 0 Å². The highest BCUT2D eigenvalue weighted by atomic mass is 16.3. The largest absolute Gasteiger partial charge is 0.394 e. The highest BCUT2D eigenvalue weighted by Gasteiger charge is 2.17. The Morgan fingerprint density at radius 2 is 1.86 bits per heavy atom. The van der Waals surface area contributed by atoms with E-state index in [1.165, 1.54) is 0 Å². The molecule has 0 aromatic carbocycles. The van der Waals surface area contributed by atoms with Gasteiger partial charge in [-0.3, -0.25) is 0 Å². The standard InChI is InChI=1S/C15H25N5O2/c1-9(2)16-14-18-13(11-5-4-6-12(22)7-11)19-15(20-14)17-10(3)8-21/h7,9-10,12,21-22H,4-6,8H2,1-3H3,(H2,16,17,18,19,20). The van der Waals surface area contributed by atoms with E-state index >= 15 is 0 Å². The molecule has 7 nitrogen and oxygen atoms in total. The van der Waals surface area contributed by atoms with Crippen LogP contribution in [0.2, 0.25) is 0 Å². The fraction of sp³-hybridized carbons (Fsp3) is 0.667. The molecule has 1 aliphatic carbocycles. The van der Waals surface area contributed by atoms with Crippen LogP contribution in [-0.4, -0.2) is 50.0 Å². The predicted octanol–water partition coefficient (Wildman–Crippen LogP) is 1.41. The molecule has 0 aliphatic heterocycles. The van der Waals surface area contributed by atoms with Crippen molar-refractivity contribution in [1.82, 2.24) is 15.0 Å². The Morgan fingerprint density at radius 1 is 1.18 bits per heavy atom. The summed E-state index contributed by atoms with van der Waals surface area (Å²) in [6.07, 6.45) is 3.92. The number of hydrogen-bond donors (Lipinski definition) is 4. The molecule has 1 aliphatic rings. The summed E-state index contributed by atoms with van der Waals surface area (Å²) in [7, 11) is 0. The number of nitrogens with zero attached hydrogens (tertiary/aromatic N) is 3. The molecular formula is C15H25N5O2. The lowest BCUT2D eigenvalue weighted by Crippen LogP contribution is -2.23. The van der Waals surface area contributed by atoms with Gasteiger partial charge in [-0.1, -0.05) is 0 Å². The molecule has 0 spiro atoms. The molecule has 2 rings (SSSR count). The zero-order chi connectivity index (χ0) is 16.1. The van der Waals surface area contributed by atoms with Gasteiger partial charge in [0.1, 0.15) is 0 Å². The second-order valence-corrected chi connectivity index (χ2v) is 5.98. The van der Waals surface area contributed by atoms with Gasteiger partial charge in [0.05, 0.1) is 12.7 Å². The minimum absolute atomic E-state index is 0.00459. The maximum absolute atomic E-state index is 9.80. The number of aromatic nitrogens is 3. The number of hydrogen-bond acceptors (Lipinski definition) is 7. The van der Waals surface area contributed by atoms with E-state index in [0.717, 1.165) is 24.8 Å². The molecule has 0 radical (unpaired) electrons. The Kier molecular flexibility index (Phi) is 5.68. The normalized spacial score (nSPS) is 19.7. The third-order valence-electron chi connectivity index (χ3n) is 3.33. The first-order chi connectivity index (χ1) is 10.5. The average Bonchev–Trinajstić information content (AvgIpc) is 2.46. The first-order valence-electron chi connectivity index (χ1n) is 7.77. The molecule has 0 saturated carbocycles. The summed E-state index contributed by atoms with van der Waals surface area (Å²) < 4.78 is 0. The lowest BCUT2D eigenvalue weighted by Gasteiger charge is -2.18. The van der Waals surface area contributed by atoms with Crippen LogP contribution in [0.5, 0.6) is 0 Å². The van der Waals surface area contributed by atoms with E-state index in [-0.39, 0.29) is 18.7 Å². The minimum Gasteiger partial charge on any atom is -0.394 e. The van der Waals surface area contributed by atoms with Crippen LogP contribution in [0, 0.1) is 0 Å². The van der Waals surface area contributed by atoms with Crippen LogP contribution in [0.1, 0.15) is 45.9 Å². The highest BCUT2D eigenvalue weighted by molar-refractivity contribution is 5.63. The summed E-state index contributed by atoms with van der Waals surface area (Å²) in [4.78, 5) is 13.2. The molecule has 1 heterocycles. The lowest BCUT2D eigenvalue weighted by molar-refractivity contribution is 0.206. The van der Waals surface area contributed by atoms with Gasteiger partial charge < -0.3 is 20.8 Å². The zero-order valence-corrected chi connectivity index (χ0v) is 13.4. The van der Waals surface area contributed by atoms with Crippen molar-refractivity contribution in [3.8, 4) is 0 Å². The zero-order valence-electron chi connectivity index (χ0n) is 13.4. The summed E-state index contributed by atoms with van der Waals surface area (Å²) in [5.74, 6) is 1.49. The van der Waals surface area contributed by atoms with Gasteiger partial charge in [-0.2, -0.15) is 15.0 Å². The maximum atomic E-state index is 9.80. The van der Waals surface area contributed by atoms with E-state index in [4.69, 9.17) is 5.11 Å². The molecule has 122 valence electrons. The summed E-state index contributed by atoms with van der Waals surface area (Å²) in [5.41, 5.74) is 0.938. The maximum Gasteiger partial charge on any atom is 0.228 e. The molecule has 22 heavy (non-hydrogen) atoms. The second kappa shape index (κ2) is 7.51. The third kappa shape index (κ3) is 4.64. The van der Waals surface area contributed by atoms with Crippen LogP contribution in [-0.2, 0) is 0 Å². The van der Waals surface area contributed by atoms with Gasteiger partial charge in [0.2, 0.25) is 11.9 Å². The average molecular weight is 307 g/mol. The van der Waals surface area contributed by atoms with Gasteiger partial charge in [0.25, 0.3) is 0 Å². The van der Waals surface area contributed by atoms with Crippen molar-refractivity contribution in [2.24, 2.45) is 0 Å². The monoisotopic (exact) mass is 307 g/mol. The first kappa shape index (κ1) is 16.6. The van der Waals surface area contributed by atoms with E-state index in [2.05, 4.69) is 25.6 Å². The van der Waals surface area contributed by atoms with Crippen LogP contribution in [0.25, 0.3) is 5.57 Å². The lowest BCUT2D eigenvalue weighted by atomic mass is 9.97. The van der Waals surface area contributed by atoms with Gasteiger partial charge in [0, 0.05) is 12.1 Å². The molecule has 0 fully saturated rings. The molecule has 0 saturated heterocycles. The molecule has 1 aromatic rings. The number of anilines is 2. The Morgan fingerprint density at radius 3 is 2.45 bits per heavy atom. The smallest absolute Gasteiger partial charge is 0.228 e. The summed E-state index contributed by atoms with van der Waals surface area (Å²) in [6, 6.07) is 0.0531. The van der Waals surface area contributed by atoms with Gasteiger partial charge in [-0.05, 0) is 51.7 Å². The van der Waals surface area contributed by atoms with Crippen LogP contribution in [0.4, 0.5) is 11.9 Å². The SMILES string of the molecule is CC(C)Nc1nc(NC(C)CO)nc(C2=CC(O)CCC2)n1. The van der Waals surface area contributed by atoms with Crippen LogP contribution in [0.3, 0.4) is 0 Å². The van der Waals surface area contributed by atoms with E-state index in [9.17, 15) is 5.11 Å². The Bertz CT molecular complexity index is 533. The molecule has 0 bridgehead atoms. The van der Waals surface area contributed by atoms with Crippen molar-refractivity contribution in [1.29, 1.82) is 0 Å². The molecule has 4 N–H and O–H groups in total. The minimum atomic E-state index is -0.435. The van der Waals surface area contributed by atoms with Crippen LogP contribution in [0.15, 0.2) is 6.08 Å². The van der Waals surface area contributed by atoms with Crippen molar-refractivity contribution in [3.05, 3.63) is 11.9 Å². The fourth-order valence-corrected chi connectivity index (χ4v) is 2.26. The van der Waals surface area contributed by atoms with E-state index < -0.39 is 6.10 Å². The van der Waals surface area contributed by atoms with Gasteiger partial charge >= 0.3 is 0 Å². The topological polar surface area (TPSA) is 103 Å². The summed E-state index contributed by atoms with van der Waals surface area (Å²) in [6.45, 7) is 5.87. The first-order valence-corrected chi connectivity index (χ1v) is 7.77. The van der Waals surface area contributed by atoms with Gasteiger partial charge in [-0.15, -0.1) is 0 Å². The third-order valence-corrected chi connectivity index (χ3v) is 3.33. The summed E-state index contributed by atoms with van der Waals surface area (Å²) in [5, 5.41) is 25.2. The van der Waals surface area contributed by atoms with Crippen molar-refractivity contribution >= 4 is 17.5 Å². The van der Waals surface area contributed by atoms with E-state index in [0.29, 0.717) is 17.7 Å². The Hall–Kier alpha value is -1.73. The van der Waals surface area contributed by atoms with Gasteiger partial charge in [0.15, 0.2) is 5.82 Å². The molecule has 2 atom stereocenters. The van der Waals surface area contributed by atoms with Crippen molar-refractivity contribution in [3.63, 3.8) is 0 Å². The highest BCUT2D eigenvalue weighted by Crippen LogP contribution is 2.26. The van der Waals surface area contributed by atoms with Crippen molar-refractivity contribution in [2.75, 3.05) is 17.2 Å². The van der Waals surface area contributed by atoms with E-state index in [1.807, 2.05) is 26.8 Å². The number of rotatable bonds is 6. The molecule has 7 heteroatoms. The quantitative estimate of drug-likeness (QED) is 0.630. The molecule has 0 amide bonds. The number of allylic oxidation sites excluding steroid dienone is 1. The number of nitrogens with one attached hydrogen (secondary N) is 2. The number of aliphatic hydroxyl groups is 2. The fourth-order valence-electron chi connectivity index (χ4n) is 2.26. The van der Waals surface area contributed by atoms with Crippen LogP contribution < -0.4 is 10.6 Å². The van der Waals surface area contributed by atoms with Gasteiger partial charge in [-0.25, -0.2) is 0 Å². The predicted molar refractivity (Wildman–Crippen MR) is 86.6 cm³/mol. The number of aliphatic hydroxyl groups excluding tert-OH is 2. The van der Waals surface area contributed by atoms with Crippen molar-refractivity contribution in [2.45, 2.75) is 58.2 Å². The Labute approximate surface area is 130 Å². The Balaban J connectivity index is 2.32. The molecule has 2 unspecified atom stereocenters. The van der Waals surface area contributed by atoms with Crippen molar-refractivity contribution < 1.29 is 10.2 Å². The van der Waals surface area contributed by atoms with E-state index in [1.54, 1.807) is 0 Å². The summed E-state index contributed by atoms with van der Waals surface area (Å²) >= 11 is 0. The second-order valence-electron chi connectivity index (χ2n) is 5.98. The molecule has 1 aromatic heterocycles. The molecular weight excluding hydrogens is 282 g/mol.